The summed E-state index contributed by atoms with van der Waals surface area (Å²) in [6.45, 7) is 7.69. The molecule has 0 heterocycles. The van der Waals surface area contributed by atoms with Gasteiger partial charge in [-0.15, -0.1) is 0 Å². The Labute approximate surface area is 73.0 Å². The second kappa shape index (κ2) is 3.23. The van der Waals surface area contributed by atoms with Crippen molar-refractivity contribution in [2.45, 2.75) is 13.8 Å². The van der Waals surface area contributed by atoms with E-state index in [-0.39, 0.29) is 0 Å². The lowest BCUT2D eigenvalue weighted by atomic mass is 10.0. The van der Waals surface area contributed by atoms with E-state index in [4.69, 9.17) is 5.26 Å². The van der Waals surface area contributed by atoms with E-state index in [0.717, 1.165) is 22.3 Å². The third-order valence-electron chi connectivity index (χ3n) is 1.85. The molecule has 0 bridgehead atoms. The van der Waals surface area contributed by atoms with Crippen molar-refractivity contribution in [2.24, 2.45) is 0 Å². The van der Waals surface area contributed by atoms with Gasteiger partial charge in [0.2, 0.25) is 0 Å². The van der Waals surface area contributed by atoms with Crippen LogP contribution in [0.2, 0.25) is 0 Å². The van der Waals surface area contributed by atoms with Crippen LogP contribution in [0.1, 0.15) is 23.6 Å². The van der Waals surface area contributed by atoms with E-state index < -0.39 is 0 Å². The van der Waals surface area contributed by atoms with Gasteiger partial charge in [-0.25, -0.2) is 0 Å². The number of benzene rings is 1. The zero-order valence-electron chi connectivity index (χ0n) is 7.39. The van der Waals surface area contributed by atoms with Gasteiger partial charge in [0, 0.05) is 0 Å². The average Bonchev–Trinajstić information content (AvgIpc) is 2.05. The molecule has 0 amide bonds. The van der Waals surface area contributed by atoms with Crippen molar-refractivity contribution in [3.8, 4) is 6.07 Å². The molecule has 1 aromatic carbocycles. The van der Waals surface area contributed by atoms with Gasteiger partial charge in [-0.3, -0.25) is 0 Å². The van der Waals surface area contributed by atoms with Gasteiger partial charge >= 0.3 is 0 Å². The molecule has 0 fully saturated rings. The summed E-state index contributed by atoms with van der Waals surface area (Å²) in [4.78, 5) is 0. The van der Waals surface area contributed by atoms with Crippen molar-refractivity contribution < 1.29 is 0 Å². The Balaban J connectivity index is 3.25. The first kappa shape index (κ1) is 8.55. The molecule has 1 nitrogen and oxygen atoms in total. The number of allylic oxidation sites excluding steroid dienone is 1. The van der Waals surface area contributed by atoms with Crippen LogP contribution in [-0.4, -0.2) is 0 Å². The van der Waals surface area contributed by atoms with Crippen LogP contribution in [-0.2, 0) is 0 Å². The fourth-order valence-electron chi connectivity index (χ4n) is 1.01. The molecule has 0 aliphatic rings. The number of nitrogens with zero attached hydrogens (tertiary/aromatic N) is 1. The van der Waals surface area contributed by atoms with Crippen molar-refractivity contribution in [2.75, 3.05) is 0 Å². The Morgan fingerprint density at radius 1 is 1.50 bits per heavy atom. The van der Waals surface area contributed by atoms with Crippen molar-refractivity contribution in [1.29, 1.82) is 5.26 Å². The normalized spacial score (nSPS) is 9.08. The topological polar surface area (TPSA) is 23.8 Å². The SMILES string of the molecule is C=C(C)c1ccc(C)c(C#N)c1. The molecule has 60 valence electrons. The zero-order valence-corrected chi connectivity index (χ0v) is 7.39. The van der Waals surface area contributed by atoms with E-state index in [2.05, 4.69) is 12.6 Å². The first-order valence-corrected chi connectivity index (χ1v) is 3.82. The Kier molecular flexibility index (Phi) is 2.30. The average molecular weight is 157 g/mol. The Morgan fingerprint density at radius 2 is 2.17 bits per heavy atom. The third kappa shape index (κ3) is 1.54. The van der Waals surface area contributed by atoms with Crippen LogP contribution in [0.15, 0.2) is 24.8 Å². The van der Waals surface area contributed by atoms with Gasteiger partial charge in [0.1, 0.15) is 0 Å². The monoisotopic (exact) mass is 157 g/mol. The molecule has 0 N–H and O–H groups in total. The second-order valence-corrected chi connectivity index (χ2v) is 2.92. The molecule has 0 aromatic heterocycles. The number of hydrogen-bond acceptors (Lipinski definition) is 1. The van der Waals surface area contributed by atoms with Gasteiger partial charge < -0.3 is 0 Å². The van der Waals surface area contributed by atoms with E-state index in [1.807, 2.05) is 32.0 Å². The molecular weight excluding hydrogens is 146 g/mol. The van der Waals surface area contributed by atoms with Crippen LogP contribution < -0.4 is 0 Å². The van der Waals surface area contributed by atoms with E-state index >= 15 is 0 Å². The molecule has 1 aromatic rings. The van der Waals surface area contributed by atoms with Crippen LogP contribution in [0.5, 0.6) is 0 Å². The van der Waals surface area contributed by atoms with Gasteiger partial charge in [-0.05, 0) is 31.0 Å². The molecule has 12 heavy (non-hydrogen) atoms. The van der Waals surface area contributed by atoms with Crippen LogP contribution >= 0.6 is 0 Å². The third-order valence-corrected chi connectivity index (χ3v) is 1.85. The molecule has 1 heteroatoms. The Morgan fingerprint density at radius 3 is 2.67 bits per heavy atom. The minimum absolute atomic E-state index is 0.732. The maximum Gasteiger partial charge on any atom is 0.0994 e. The lowest BCUT2D eigenvalue weighted by molar-refractivity contribution is 1.38. The van der Waals surface area contributed by atoms with Crippen LogP contribution in [0.3, 0.4) is 0 Å². The molecule has 0 spiro atoms. The van der Waals surface area contributed by atoms with Crippen molar-refractivity contribution >= 4 is 5.57 Å². The molecule has 0 saturated carbocycles. The maximum atomic E-state index is 8.74. The van der Waals surface area contributed by atoms with Gasteiger partial charge in [0.25, 0.3) is 0 Å². The largest absolute Gasteiger partial charge is 0.192 e. The second-order valence-electron chi connectivity index (χ2n) is 2.92. The molecule has 0 radical (unpaired) electrons. The molecule has 0 aliphatic heterocycles. The summed E-state index contributed by atoms with van der Waals surface area (Å²) in [5, 5.41) is 8.74. The smallest absolute Gasteiger partial charge is 0.0994 e. The zero-order chi connectivity index (χ0) is 9.14. The summed E-state index contributed by atoms with van der Waals surface area (Å²) in [5.74, 6) is 0. The van der Waals surface area contributed by atoms with E-state index in [1.165, 1.54) is 0 Å². The van der Waals surface area contributed by atoms with Gasteiger partial charge in [-0.1, -0.05) is 24.3 Å². The molecule has 0 atom stereocenters. The van der Waals surface area contributed by atoms with E-state index in [0.29, 0.717) is 0 Å². The maximum absolute atomic E-state index is 8.74. The first-order chi connectivity index (χ1) is 5.65. The summed E-state index contributed by atoms with van der Waals surface area (Å²) in [7, 11) is 0. The summed E-state index contributed by atoms with van der Waals surface area (Å²) in [5.41, 5.74) is 3.78. The number of hydrogen-bond donors (Lipinski definition) is 0. The van der Waals surface area contributed by atoms with Gasteiger partial charge in [0.05, 0.1) is 11.6 Å². The molecule has 0 saturated heterocycles. The van der Waals surface area contributed by atoms with Crippen LogP contribution in [0.25, 0.3) is 5.57 Å². The van der Waals surface area contributed by atoms with Crippen molar-refractivity contribution in [1.82, 2.24) is 0 Å². The molecule has 0 aliphatic carbocycles. The van der Waals surface area contributed by atoms with Gasteiger partial charge in [-0.2, -0.15) is 5.26 Å². The highest BCUT2D eigenvalue weighted by Gasteiger charge is 1.98. The van der Waals surface area contributed by atoms with Gasteiger partial charge in [0.15, 0.2) is 0 Å². The highest BCUT2D eigenvalue weighted by Crippen LogP contribution is 2.15. The molecule has 1 rings (SSSR count). The fraction of sp³-hybridized carbons (Fsp3) is 0.182. The number of nitriles is 1. The molecular formula is C11H11N. The van der Waals surface area contributed by atoms with Crippen LogP contribution in [0, 0.1) is 18.3 Å². The lowest BCUT2D eigenvalue weighted by Crippen LogP contribution is -1.85. The summed E-state index contributed by atoms with van der Waals surface area (Å²) in [6.07, 6.45) is 0. The van der Waals surface area contributed by atoms with E-state index in [9.17, 15) is 0 Å². The Bertz CT molecular complexity index is 356. The highest BCUT2D eigenvalue weighted by molar-refractivity contribution is 5.63. The van der Waals surface area contributed by atoms with Crippen molar-refractivity contribution in [3.05, 3.63) is 41.5 Å². The lowest BCUT2D eigenvalue weighted by Gasteiger charge is -2.01. The predicted octanol–water partition coefficient (Wildman–Crippen LogP) is 2.90. The van der Waals surface area contributed by atoms with E-state index in [1.54, 1.807) is 0 Å². The fourth-order valence-corrected chi connectivity index (χ4v) is 1.01. The number of aryl methyl sites for hydroxylation is 1. The summed E-state index contributed by atoms with van der Waals surface area (Å²) >= 11 is 0. The quantitative estimate of drug-likeness (QED) is 0.615. The van der Waals surface area contributed by atoms with Crippen LogP contribution in [0.4, 0.5) is 0 Å². The summed E-state index contributed by atoms with van der Waals surface area (Å²) < 4.78 is 0. The summed E-state index contributed by atoms with van der Waals surface area (Å²) in [6, 6.07) is 7.95. The Hall–Kier alpha value is -1.55. The number of rotatable bonds is 1. The highest BCUT2D eigenvalue weighted by atomic mass is 14.2. The minimum Gasteiger partial charge on any atom is -0.192 e. The van der Waals surface area contributed by atoms with Crippen molar-refractivity contribution in [3.63, 3.8) is 0 Å². The molecule has 0 unspecified atom stereocenters. The minimum atomic E-state index is 0.732. The predicted molar refractivity (Wildman–Crippen MR) is 50.6 cm³/mol. The first-order valence-electron chi connectivity index (χ1n) is 3.82. The standard InChI is InChI=1S/C11H11N/c1-8(2)10-5-4-9(3)11(6-10)7-12/h4-6H,1H2,2-3H3.